The van der Waals surface area contributed by atoms with Crippen LogP contribution in [0.1, 0.15) is 24.8 Å². The van der Waals surface area contributed by atoms with E-state index in [-0.39, 0.29) is 12.4 Å². The zero-order valence-electron chi connectivity index (χ0n) is 11.5. The molecule has 1 aromatic rings. The van der Waals surface area contributed by atoms with Gasteiger partial charge in [-0.1, -0.05) is 23.7 Å². The number of rotatable bonds is 6. The summed E-state index contributed by atoms with van der Waals surface area (Å²) in [6.07, 6.45) is 1.33. The maximum absolute atomic E-state index is 11.1. The standard InChI is InChI=1S/C15H16ClNO3/c1-19-14(7-4-8-15(18)20-2)13(10-17)11-5-3-6-12(16)9-11/h3,5-6,9H,4,7-8H2,1-2H3/b14-13-. The Hall–Kier alpha value is -1.99. The Balaban J connectivity index is 2.91. The third-order valence-electron chi connectivity index (χ3n) is 2.76. The highest BCUT2D eigenvalue weighted by Crippen LogP contribution is 2.24. The third kappa shape index (κ3) is 4.60. The normalized spacial score (nSPS) is 11.3. The van der Waals surface area contributed by atoms with E-state index in [1.807, 2.05) is 0 Å². The molecule has 5 heteroatoms. The molecule has 0 aromatic heterocycles. The van der Waals surface area contributed by atoms with Crippen LogP contribution in [0.5, 0.6) is 0 Å². The zero-order valence-corrected chi connectivity index (χ0v) is 12.2. The van der Waals surface area contributed by atoms with E-state index < -0.39 is 0 Å². The fourth-order valence-corrected chi connectivity index (χ4v) is 1.95. The van der Waals surface area contributed by atoms with Crippen molar-refractivity contribution in [2.75, 3.05) is 14.2 Å². The van der Waals surface area contributed by atoms with Crippen molar-refractivity contribution in [3.63, 3.8) is 0 Å². The minimum Gasteiger partial charge on any atom is -0.500 e. The van der Waals surface area contributed by atoms with Crippen molar-refractivity contribution in [3.8, 4) is 6.07 Å². The molecule has 0 aliphatic rings. The molecule has 0 heterocycles. The fourth-order valence-electron chi connectivity index (χ4n) is 1.76. The molecule has 0 unspecified atom stereocenters. The van der Waals surface area contributed by atoms with Crippen LogP contribution in [0.25, 0.3) is 5.57 Å². The van der Waals surface area contributed by atoms with Gasteiger partial charge in [-0.3, -0.25) is 4.79 Å². The minimum atomic E-state index is -0.276. The van der Waals surface area contributed by atoms with E-state index in [1.165, 1.54) is 14.2 Å². The van der Waals surface area contributed by atoms with Crippen LogP contribution in [0, 0.1) is 11.3 Å². The number of carbonyl (C=O) groups is 1. The first-order valence-electron chi connectivity index (χ1n) is 6.12. The lowest BCUT2D eigenvalue weighted by molar-refractivity contribution is -0.140. The number of benzene rings is 1. The van der Waals surface area contributed by atoms with E-state index in [1.54, 1.807) is 24.3 Å². The number of methoxy groups -OCH3 is 2. The predicted octanol–water partition coefficient (Wildman–Crippen LogP) is 3.56. The van der Waals surface area contributed by atoms with E-state index in [0.717, 1.165) is 0 Å². The smallest absolute Gasteiger partial charge is 0.305 e. The Kier molecular flexibility index (Phi) is 6.61. The summed E-state index contributed by atoms with van der Waals surface area (Å²) in [7, 11) is 2.86. The minimum absolute atomic E-state index is 0.276. The Bertz CT molecular complexity index is 546. The average Bonchev–Trinajstić information content (AvgIpc) is 2.46. The highest BCUT2D eigenvalue weighted by Gasteiger charge is 2.11. The molecular formula is C15H16ClNO3. The molecule has 0 amide bonds. The lowest BCUT2D eigenvalue weighted by atomic mass is 10.0. The van der Waals surface area contributed by atoms with Gasteiger partial charge in [0.25, 0.3) is 0 Å². The van der Waals surface area contributed by atoms with Gasteiger partial charge in [-0.25, -0.2) is 0 Å². The van der Waals surface area contributed by atoms with Crippen LogP contribution in [0.4, 0.5) is 0 Å². The summed E-state index contributed by atoms with van der Waals surface area (Å²) in [6.45, 7) is 0. The summed E-state index contributed by atoms with van der Waals surface area (Å²) in [5.41, 5.74) is 1.13. The molecule has 0 fully saturated rings. The number of halogens is 1. The number of hydrogen-bond acceptors (Lipinski definition) is 4. The lowest BCUT2D eigenvalue weighted by Gasteiger charge is -2.09. The van der Waals surface area contributed by atoms with Crippen molar-refractivity contribution in [3.05, 3.63) is 40.6 Å². The van der Waals surface area contributed by atoms with Crippen LogP contribution in [0.2, 0.25) is 5.02 Å². The molecule has 20 heavy (non-hydrogen) atoms. The number of esters is 1. The summed E-state index contributed by atoms with van der Waals surface area (Å²) < 4.78 is 9.85. The van der Waals surface area contributed by atoms with Crippen molar-refractivity contribution < 1.29 is 14.3 Å². The molecule has 4 nitrogen and oxygen atoms in total. The first-order chi connectivity index (χ1) is 9.62. The summed E-state index contributed by atoms with van der Waals surface area (Å²) in [5.74, 6) is 0.264. The van der Waals surface area contributed by atoms with Gasteiger partial charge >= 0.3 is 5.97 Å². The van der Waals surface area contributed by atoms with Crippen LogP contribution in [0.3, 0.4) is 0 Å². The number of nitrogens with zero attached hydrogens (tertiary/aromatic N) is 1. The van der Waals surface area contributed by atoms with E-state index >= 15 is 0 Å². The molecule has 0 aliphatic carbocycles. The maximum Gasteiger partial charge on any atom is 0.305 e. The molecule has 0 saturated heterocycles. The monoisotopic (exact) mass is 293 g/mol. The molecular weight excluding hydrogens is 278 g/mol. The molecule has 106 valence electrons. The van der Waals surface area contributed by atoms with Crippen molar-refractivity contribution in [2.24, 2.45) is 0 Å². The van der Waals surface area contributed by atoms with Crippen LogP contribution in [0.15, 0.2) is 30.0 Å². The Morgan fingerprint density at radius 2 is 2.05 bits per heavy atom. The fraction of sp³-hybridized carbons (Fsp3) is 0.333. The third-order valence-corrected chi connectivity index (χ3v) is 3.00. The zero-order chi connectivity index (χ0) is 15.0. The number of allylic oxidation sites excluding steroid dienone is 2. The second-order valence-electron chi connectivity index (χ2n) is 4.05. The number of ether oxygens (including phenoxy) is 2. The van der Waals surface area contributed by atoms with E-state index in [0.29, 0.717) is 34.8 Å². The number of carbonyl (C=O) groups excluding carboxylic acids is 1. The molecule has 0 aliphatic heterocycles. The first-order valence-corrected chi connectivity index (χ1v) is 6.50. The summed E-state index contributed by atoms with van der Waals surface area (Å²) in [6, 6.07) is 9.15. The number of hydrogen-bond donors (Lipinski definition) is 0. The van der Waals surface area contributed by atoms with Gasteiger partial charge in [0.05, 0.1) is 19.8 Å². The Labute approximate surface area is 123 Å². The predicted molar refractivity (Wildman–Crippen MR) is 76.9 cm³/mol. The average molecular weight is 294 g/mol. The van der Waals surface area contributed by atoms with Crippen LogP contribution in [-0.2, 0) is 14.3 Å². The van der Waals surface area contributed by atoms with Gasteiger partial charge in [0, 0.05) is 17.9 Å². The van der Waals surface area contributed by atoms with Crippen LogP contribution >= 0.6 is 11.6 Å². The summed E-state index contributed by atoms with van der Waals surface area (Å²) >= 11 is 5.92. The topological polar surface area (TPSA) is 59.3 Å². The molecule has 1 rings (SSSR count). The molecule has 0 saturated carbocycles. The quantitative estimate of drug-likeness (QED) is 0.457. The molecule has 0 bridgehead atoms. The van der Waals surface area contributed by atoms with Crippen molar-refractivity contribution in [2.45, 2.75) is 19.3 Å². The van der Waals surface area contributed by atoms with E-state index in [9.17, 15) is 10.1 Å². The van der Waals surface area contributed by atoms with Gasteiger partial charge in [0.15, 0.2) is 0 Å². The van der Waals surface area contributed by atoms with Crippen molar-refractivity contribution in [1.82, 2.24) is 0 Å². The highest BCUT2D eigenvalue weighted by molar-refractivity contribution is 6.30. The lowest BCUT2D eigenvalue weighted by Crippen LogP contribution is -2.01. The van der Waals surface area contributed by atoms with Crippen LogP contribution < -0.4 is 0 Å². The molecule has 0 radical (unpaired) electrons. The second kappa shape index (κ2) is 8.23. The summed E-state index contributed by atoms with van der Waals surface area (Å²) in [4.78, 5) is 11.1. The molecule has 0 spiro atoms. The Morgan fingerprint density at radius 1 is 1.30 bits per heavy atom. The SMILES string of the molecule is COC(=O)CCC/C(OC)=C(\C#N)c1cccc(Cl)c1. The van der Waals surface area contributed by atoms with Gasteiger partial charge < -0.3 is 9.47 Å². The van der Waals surface area contributed by atoms with Gasteiger partial charge in [0.1, 0.15) is 11.8 Å². The van der Waals surface area contributed by atoms with Gasteiger partial charge in [-0.05, 0) is 24.1 Å². The maximum atomic E-state index is 11.1. The van der Waals surface area contributed by atoms with E-state index in [4.69, 9.17) is 16.3 Å². The molecule has 0 N–H and O–H groups in total. The van der Waals surface area contributed by atoms with Gasteiger partial charge in [-0.2, -0.15) is 5.26 Å². The Morgan fingerprint density at radius 3 is 2.60 bits per heavy atom. The van der Waals surface area contributed by atoms with Gasteiger partial charge in [-0.15, -0.1) is 0 Å². The first kappa shape index (κ1) is 16.1. The van der Waals surface area contributed by atoms with Crippen LogP contribution in [-0.4, -0.2) is 20.2 Å². The van der Waals surface area contributed by atoms with Gasteiger partial charge in [0.2, 0.25) is 0 Å². The van der Waals surface area contributed by atoms with Crippen molar-refractivity contribution >= 4 is 23.1 Å². The molecule has 1 aromatic carbocycles. The largest absolute Gasteiger partial charge is 0.500 e. The van der Waals surface area contributed by atoms with Crippen molar-refractivity contribution in [1.29, 1.82) is 5.26 Å². The number of nitriles is 1. The summed E-state index contributed by atoms with van der Waals surface area (Å²) in [5, 5.41) is 9.86. The van der Waals surface area contributed by atoms with E-state index in [2.05, 4.69) is 10.8 Å². The molecule has 0 atom stereocenters. The highest BCUT2D eigenvalue weighted by atomic mass is 35.5. The second-order valence-corrected chi connectivity index (χ2v) is 4.49.